The Kier molecular flexibility index (Phi) is 15.1. The summed E-state index contributed by atoms with van der Waals surface area (Å²) in [7, 11) is -4.71. The number of hydrogen-bond donors (Lipinski definition) is 7. The second-order valence-electron chi connectivity index (χ2n) is 10.4. The highest BCUT2D eigenvalue weighted by molar-refractivity contribution is 7.85. The molecule has 4 atom stereocenters. The lowest BCUT2D eigenvalue weighted by Crippen LogP contribution is -2.58. The van der Waals surface area contributed by atoms with Gasteiger partial charge in [0.1, 0.15) is 17.8 Å². The maximum absolute atomic E-state index is 13.0. The Balaban J connectivity index is 2.74. The second-order valence-corrected chi connectivity index (χ2v) is 11.9. The average Bonchev–Trinajstić information content (AvgIpc) is 3.18. The van der Waals surface area contributed by atoms with Crippen LogP contribution in [0.15, 0.2) is 12.2 Å². The first kappa shape index (κ1) is 36.5. The lowest BCUT2D eigenvalue weighted by Gasteiger charge is -2.28. The van der Waals surface area contributed by atoms with Gasteiger partial charge in [-0.25, -0.2) is 4.79 Å². The Bertz CT molecular complexity index is 1110. The maximum Gasteiger partial charge on any atom is 0.312 e. The third-order valence-electron chi connectivity index (χ3n) is 6.36. The third kappa shape index (κ3) is 13.9. The minimum absolute atomic E-state index is 0.107. The molecule has 238 valence electrons. The molecule has 0 fully saturated rings. The fraction of sp³-hybridized carbons (Fsp3) is 0.680. The van der Waals surface area contributed by atoms with Gasteiger partial charge in [0.05, 0.1) is 12.1 Å². The Morgan fingerprint density at radius 1 is 0.929 bits per heavy atom. The van der Waals surface area contributed by atoms with Gasteiger partial charge in [0.15, 0.2) is 0 Å². The number of rotatable bonds is 19. The van der Waals surface area contributed by atoms with Gasteiger partial charge in [0.25, 0.3) is 21.9 Å². The zero-order valence-electron chi connectivity index (χ0n) is 24.0. The van der Waals surface area contributed by atoms with Crippen molar-refractivity contribution in [1.29, 1.82) is 0 Å². The molecule has 8 N–H and O–H groups in total. The maximum atomic E-state index is 13.0. The van der Waals surface area contributed by atoms with E-state index < -0.39 is 81.6 Å². The summed E-state index contributed by atoms with van der Waals surface area (Å²) in [4.78, 5) is 73.5. The first-order valence-corrected chi connectivity index (χ1v) is 15.2. The molecular weight excluding hydrogens is 576 g/mol. The van der Waals surface area contributed by atoms with Crippen molar-refractivity contribution >= 4 is 45.7 Å². The van der Waals surface area contributed by atoms with Gasteiger partial charge < -0.3 is 32.1 Å². The standard InChI is InChI=1S/C25H42N6O10S/c1-15(2)22(24(37)29-17(16(3)32)8-7-12-27-25(26)38)30-23(36)18(14-42(39,40)41)28-19(33)9-5-4-6-13-31-20(34)10-11-21(31)35/h10-11,15-18,22,32H,4-9,12-14H2,1-3H3,(H,28,33)(H,29,37)(H,30,36)(H3,26,27,38)(H,39,40,41)/t16?,17-,18-,22-/m1/s1. The van der Waals surface area contributed by atoms with Gasteiger partial charge in [-0.3, -0.25) is 33.4 Å². The molecule has 0 radical (unpaired) electrons. The van der Waals surface area contributed by atoms with Gasteiger partial charge >= 0.3 is 6.03 Å². The number of urea groups is 1. The number of carbonyl (C=O) groups is 6. The number of nitrogens with zero attached hydrogens (tertiary/aromatic N) is 1. The number of aliphatic hydroxyl groups excluding tert-OH is 1. The predicted octanol–water partition coefficient (Wildman–Crippen LogP) is -1.70. The van der Waals surface area contributed by atoms with Crippen molar-refractivity contribution in [3.05, 3.63) is 12.2 Å². The van der Waals surface area contributed by atoms with Crippen LogP contribution in [0.3, 0.4) is 0 Å². The number of primary amides is 1. The van der Waals surface area contributed by atoms with Gasteiger partial charge in [-0.2, -0.15) is 8.42 Å². The molecule has 0 saturated heterocycles. The van der Waals surface area contributed by atoms with Crippen LogP contribution < -0.4 is 27.0 Å². The van der Waals surface area contributed by atoms with Gasteiger partial charge in [0.2, 0.25) is 17.7 Å². The number of aliphatic hydroxyl groups is 1. The smallest absolute Gasteiger partial charge is 0.312 e. The summed E-state index contributed by atoms with van der Waals surface area (Å²) in [6.07, 6.45) is 3.10. The molecule has 1 aliphatic rings. The van der Waals surface area contributed by atoms with Crippen LogP contribution in [0.1, 0.15) is 59.3 Å². The molecule has 7 amide bonds. The number of nitrogens with one attached hydrogen (secondary N) is 4. The van der Waals surface area contributed by atoms with Crippen molar-refractivity contribution in [3.63, 3.8) is 0 Å². The summed E-state index contributed by atoms with van der Waals surface area (Å²) in [5.74, 6) is -4.83. The number of unbranched alkanes of at least 4 members (excludes halogenated alkanes) is 2. The number of imide groups is 1. The van der Waals surface area contributed by atoms with Crippen molar-refractivity contribution in [2.45, 2.75) is 83.5 Å². The van der Waals surface area contributed by atoms with Crippen LogP contribution in [0.2, 0.25) is 0 Å². The van der Waals surface area contributed by atoms with Crippen molar-refractivity contribution in [1.82, 2.24) is 26.2 Å². The molecule has 0 aromatic rings. The number of carbonyl (C=O) groups excluding carboxylic acids is 6. The van der Waals surface area contributed by atoms with E-state index in [9.17, 15) is 46.8 Å². The lowest BCUT2D eigenvalue weighted by atomic mass is 10.0. The predicted molar refractivity (Wildman–Crippen MR) is 150 cm³/mol. The zero-order valence-corrected chi connectivity index (χ0v) is 24.8. The van der Waals surface area contributed by atoms with E-state index in [2.05, 4.69) is 21.3 Å². The van der Waals surface area contributed by atoms with E-state index in [0.717, 1.165) is 4.90 Å². The van der Waals surface area contributed by atoms with Crippen LogP contribution in [0.4, 0.5) is 4.79 Å². The summed E-state index contributed by atoms with van der Waals surface area (Å²) in [6.45, 7) is 5.09. The molecule has 0 aliphatic carbocycles. The van der Waals surface area contributed by atoms with Crippen molar-refractivity contribution in [3.8, 4) is 0 Å². The number of amides is 7. The van der Waals surface area contributed by atoms with Crippen molar-refractivity contribution in [2.24, 2.45) is 11.7 Å². The normalized spacial score (nSPS) is 16.1. The Labute approximate surface area is 244 Å². The molecule has 0 aromatic carbocycles. The highest BCUT2D eigenvalue weighted by Gasteiger charge is 2.32. The molecule has 1 rings (SSSR count). The number of hydrogen-bond acceptors (Lipinski definition) is 9. The van der Waals surface area contributed by atoms with Crippen LogP contribution in [-0.4, -0.2) is 102 Å². The minimum Gasteiger partial charge on any atom is -0.391 e. The first-order chi connectivity index (χ1) is 19.5. The average molecular weight is 619 g/mol. The Morgan fingerprint density at radius 2 is 1.55 bits per heavy atom. The highest BCUT2D eigenvalue weighted by atomic mass is 32.2. The van der Waals surface area contributed by atoms with Gasteiger partial charge in [-0.1, -0.05) is 20.3 Å². The molecule has 42 heavy (non-hydrogen) atoms. The largest absolute Gasteiger partial charge is 0.391 e. The van der Waals surface area contributed by atoms with E-state index in [-0.39, 0.29) is 25.9 Å². The van der Waals surface area contributed by atoms with Gasteiger partial charge in [-0.15, -0.1) is 0 Å². The van der Waals surface area contributed by atoms with Crippen LogP contribution in [-0.2, 0) is 34.1 Å². The van der Waals surface area contributed by atoms with Crippen molar-refractivity contribution in [2.75, 3.05) is 18.8 Å². The van der Waals surface area contributed by atoms with E-state index in [1.807, 2.05) is 0 Å². The molecule has 1 unspecified atom stereocenters. The Hall–Kier alpha value is -3.57. The zero-order chi connectivity index (χ0) is 32.0. The van der Waals surface area contributed by atoms with Crippen LogP contribution in [0.25, 0.3) is 0 Å². The molecule has 0 spiro atoms. The molecule has 0 saturated carbocycles. The van der Waals surface area contributed by atoms with E-state index in [4.69, 9.17) is 5.73 Å². The SMILES string of the molecule is CC(O)[C@@H](CCCNC(N)=O)NC(=O)[C@H](NC(=O)[C@@H](CS(=O)(=O)O)NC(=O)CCCCCN1C(=O)C=CC1=O)C(C)C. The van der Waals surface area contributed by atoms with Crippen molar-refractivity contribution < 1.29 is 46.8 Å². The lowest BCUT2D eigenvalue weighted by molar-refractivity contribution is -0.137. The van der Waals surface area contributed by atoms with Crippen LogP contribution in [0.5, 0.6) is 0 Å². The minimum atomic E-state index is -4.71. The van der Waals surface area contributed by atoms with E-state index >= 15 is 0 Å². The first-order valence-electron chi connectivity index (χ1n) is 13.6. The second kappa shape index (κ2) is 17.4. The quantitative estimate of drug-likeness (QED) is 0.0490. The third-order valence-corrected chi connectivity index (χ3v) is 7.12. The summed E-state index contributed by atoms with van der Waals surface area (Å²) in [5, 5.41) is 19.8. The summed E-state index contributed by atoms with van der Waals surface area (Å²) >= 11 is 0. The molecule has 17 heteroatoms. The van der Waals surface area contributed by atoms with Crippen LogP contribution in [0, 0.1) is 5.92 Å². The van der Waals surface area contributed by atoms with E-state index in [0.29, 0.717) is 25.7 Å². The molecular formula is C25H42N6O10S. The van der Waals surface area contributed by atoms with Gasteiger partial charge in [-0.05, 0) is 38.5 Å². The molecule has 0 bridgehead atoms. The summed E-state index contributed by atoms with van der Waals surface area (Å²) in [6, 6.07) is -4.35. The fourth-order valence-corrected chi connectivity index (χ4v) is 4.73. The molecule has 0 aromatic heterocycles. The summed E-state index contributed by atoms with van der Waals surface area (Å²) < 4.78 is 32.5. The molecule has 16 nitrogen and oxygen atoms in total. The monoisotopic (exact) mass is 618 g/mol. The van der Waals surface area contributed by atoms with E-state index in [1.54, 1.807) is 13.8 Å². The van der Waals surface area contributed by atoms with E-state index in [1.165, 1.54) is 19.1 Å². The molecule has 1 aliphatic heterocycles. The number of nitrogens with two attached hydrogens (primary N) is 1. The fourth-order valence-electron chi connectivity index (χ4n) is 4.07. The highest BCUT2D eigenvalue weighted by Crippen LogP contribution is 2.10. The molecule has 1 heterocycles. The Morgan fingerprint density at radius 3 is 2.07 bits per heavy atom. The van der Waals surface area contributed by atoms with Gasteiger partial charge in [0, 0.05) is 31.7 Å². The summed E-state index contributed by atoms with van der Waals surface area (Å²) in [5.41, 5.74) is 5.02. The topological polar surface area (TPSA) is 254 Å². The van der Waals surface area contributed by atoms with Crippen LogP contribution >= 0.6 is 0 Å².